The maximum Gasteiger partial charge on any atom is -0.147 e. The Kier molecular flexibility index (Phi) is 1850000000. The first kappa shape index (κ1) is 162000. The highest BCUT2D eigenvalue weighted by molar-refractivity contribution is 5.85. The highest BCUT2D eigenvalue weighted by Gasteiger charge is -0.147. The smallest absolute Gasteiger partial charge is 0.147 e. The molecule has 0 rings (SSSR count). The van der Waals surface area contributed by atoms with E-state index in [2.05, 4.69) is 0 Å². The van der Waals surface area contributed by atoms with Gasteiger partial charge in [0.25, 0.3) is 0 Å². The van der Waals surface area contributed by atoms with Gasteiger partial charge in [-0.1, -0.05) is 0 Å². The van der Waals surface area contributed by atoms with Crippen molar-refractivity contribution in [3.63, 3.8) is 0 Å². The molecule has 0 spiro atoms. The van der Waals surface area contributed by atoms with Crippen LogP contribution in [-0.4, -0.2) is 43.8 Å². The Labute approximate surface area is 63.5 Å². The third kappa shape index (κ3) is 77700. The summed E-state index contributed by atoms with van der Waals surface area (Å²) < 4.78 is 0. The molecule has 0 bridgehead atoms. The zero-order chi connectivity index (χ0) is 0. The van der Waals surface area contributed by atoms with Crippen LogP contribution in [0.3, 0.4) is 0 Å². The summed E-state index contributed by atoms with van der Waals surface area (Å²) in [5, 5.41) is 0. The summed E-state index contributed by atoms with van der Waals surface area (Å²) in [5.74, 6) is 0. The van der Waals surface area contributed by atoms with Gasteiger partial charge < -0.3 is 50.0 Å². The fourth-order valence-corrected chi connectivity index (χ4v) is 0. The quantitative estimate of drug-likeness (QED) is 0.389. The lowest BCUT2D eigenvalue weighted by atomic mass is 14.0. The molecule has 0 aromatic carbocycles. The molecule has 0 amide bonds. The average Bonchev–Trinajstić information content (AvgIpc) is 0. The molecule has 0 aliphatic rings. The first-order chi connectivity index (χ1) is 0. The van der Waals surface area contributed by atoms with Gasteiger partial charge in [-0.05, 0) is 0 Å². The maximum atomic E-state index is 0. The van der Waals surface area contributed by atoms with Crippen molar-refractivity contribution in [1.82, 2.24) is 6.15 Å². The van der Waals surface area contributed by atoms with Gasteiger partial charge in [0.15, 0.2) is 0 Å². The Morgan fingerprint density at radius 3 is 0.300 bits per heavy atom. The Morgan fingerprint density at radius 2 is 0.300 bits per heavy atom. The molecule has 0 aliphatic carbocycles. The summed E-state index contributed by atoms with van der Waals surface area (Å²) in [6.45, 7) is 0. The topological polar surface area (TPSA) is 287 Å². The molecule has 19 N–H and O–H groups in total. The van der Waals surface area contributed by atoms with Crippen molar-refractivity contribution in [1.29, 1.82) is 0 Å². The van der Waals surface area contributed by atoms with E-state index in [9.17, 15) is 0 Å². The van der Waals surface area contributed by atoms with E-state index in [-0.39, 0.29) is 62.4 Å². The normalized spacial score (nSPS) is 0. The van der Waals surface area contributed by atoms with Crippen LogP contribution >= 0.6 is 12.4 Å². The van der Waals surface area contributed by atoms with Crippen molar-refractivity contribution in [2.75, 3.05) is 0 Å². The Bertz CT molecular complexity index is 9.22. The van der Waals surface area contributed by atoms with E-state index in [1.54, 1.807) is 0 Å². The highest BCUT2D eigenvalue weighted by atomic mass is 35.5. The largest absolute Gasteiger partial charge is 0.412 e. The van der Waals surface area contributed by atoms with Gasteiger partial charge in [-0.2, -0.15) is 0 Å². The summed E-state index contributed by atoms with van der Waals surface area (Å²) in [5.41, 5.74) is 0. The predicted octanol–water partition coefficient (Wildman–Crippen LogP) is -6.01. The molecule has 0 radical (unpaired) electrons. The van der Waals surface area contributed by atoms with Crippen molar-refractivity contribution < 1.29 is 43.8 Å². The van der Waals surface area contributed by atoms with Gasteiger partial charge in [-0.15, -0.1) is 12.4 Å². The van der Waals surface area contributed by atoms with Gasteiger partial charge in [0, 0.05) is 0 Å². The lowest BCUT2D eigenvalue weighted by Gasteiger charge is -0.413. The predicted molar refractivity (Wildman–Crippen MR) is 41.2 cm³/mol. The molecule has 0 aromatic heterocycles. The van der Waals surface area contributed by atoms with Crippen LogP contribution in [0.15, 0.2) is 0 Å². The number of hydrogen-bond acceptors (Lipinski definition) is 1. The van der Waals surface area contributed by atoms with Gasteiger partial charge in [0.2, 0.25) is 0 Å². The molecule has 0 atom stereocenters. The molecule has 0 unspecified atom stereocenters. The van der Waals surface area contributed by atoms with E-state index in [1.807, 2.05) is 0 Å². The van der Waals surface area contributed by atoms with E-state index in [1.165, 1.54) is 0 Å². The first-order valence-corrected chi connectivity index (χ1v) is 0. The molecule has 10 heavy (non-hydrogen) atoms. The Hall–Kier alpha value is -0.0700. The van der Waals surface area contributed by atoms with E-state index in [4.69, 9.17) is 0 Å². The molecule has 10 heteroatoms. The van der Waals surface area contributed by atoms with Crippen molar-refractivity contribution in [3.8, 4) is 0 Å². The molecule has 0 heterocycles. The fraction of sp³-hybridized carbons (Fsp3) is 0. The van der Waals surface area contributed by atoms with Crippen molar-refractivity contribution in [2.45, 2.75) is 0 Å². The van der Waals surface area contributed by atoms with Gasteiger partial charge in [-0.25, -0.2) is 0 Å². The molecule has 80 valence electrons. The maximum absolute atomic E-state index is 0. The van der Waals surface area contributed by atoms with Crippen LogP contribution in [0.1, 0.15) is 0 Å². The van der Waals surface area contributed by atoms with Crippen LogP contribution in [0.2, 0.25) is 0 Å². The minimum atomic E-state index is 0. The third-order valence-corrected chi connectivity index (χ3v) is 0. The van der Waals surface area contributed by atoms with Crippen LogP contribution in [0.4, 0.5) is 0 Å². The van der Waals surface area contributed by atoms with Gasteiger partial charge in [0.05, 0.1) is 0 Å². The van der Waals surface area contributed by atoms with E-state index in [0.717, 1.165) is 0 Å². The second kappa shape index (κ2) is 115000. The minimum Gasteiger partial charge on any atom is -0.412 e. The first-order valence-electron chi connectivity index (χ1n) is 0. The average molecular weight is 198 g/mol. The van der Waals surface area contributed by atoms with Crippen molar-refractivity contribution >= 4 is 12.4 Å². The lowest BCUT2D eigenvalue weighted by Crippen LogP contribution is -0.481. The summed E-state index contributed by atoms with van der Waals surface area (Å²) >= 11 is 0. The standard InChI is InChI=1S/ClH.H3N.8H2O/h1H;1H3;8*1H2. The Balaban J connectivity index is 0. The monoisotopic (exact) mass is 197 g/mol. The van der Waals surface area contributed by atoms with Gasteiger partial charge >= 0.3 is 0 Å². The third-order valence-electron chi connectivity index (χ3n) is 0. The summed E-state index contributed by atoms with van der Waals surface area (Å²) in [4.78, 5) is 0. The molecule has 0 aliphatic heterocycles. The Morgan fingerprint density at radius 1 is 0.300 bits per heavy atom. The SMILES string of the molecule is Cl.N.O.O.O.O.O.O.O.O. The van der Waals surface area contributed by atoms with Crippen LogP contribution in [0.5, 0.6) is 0 Å². The van der Waals surface area contributed by atoms with E-state index < -0.39 is 0 Å². The molecular weight excluding hydrogens is 177 g/mol. The summed E-state index contributed by atoms with van der Waals surface area (Å²) in [7, 11) is 0. The van der Waals surface area contributed by atoms with Gasteiger partial charge in [0.1, 0.15) is 0 Å². The van der Waals surface area contributed by atoms with Gasteiger partial charge in [-0.3, -0.25) is 0 Å². The molecule has 0 saturated heterocycles. The molecule has 9 nitrogen and oxygen atoms in total. The lowest BCUT2D eigenvalue weighted by molar-refractivity contribution is 0.823. The minimum absolute atomic E-state index is 0. The summed E-state index contributed by atoms with van der Waals surface area (Å²) in [6, 6.07) is 0. The highest BCUT2D eigenvalue weighted by Crippen LogP contribution is 0.690. The molecule has 0 aromatic rings. The second-order valence-corrected chi connectivity index (χ2v) is 0. The molecular formula is H20ClNO8. The van der Waals surface area contributed by atoms with E-state index in [0.29, 0.717) is 0 Å². The number of halogens is 1. The number of rotatable bonds is 0. The molecule has 0 fully saturated rings. The molecule has 0 saturated carbocycles. The van der Waals surface area contributed by atoms with Crippen LogP contribution in [0.25, 0.3) is 0 Å². The summed E-state index contributed by atoms with van der Waals surface area (Å²) in [6.07, 6.45) is 0. The van der Waals surface area contributed by atoms with E-state index >= 15 is 0 Å². The van der Waals surface area contributed by atoms with Crippen LogP contribution in [0, 0.1) is 0 Å². The zero-order valence-electron chi connectivity index (χ0n) is 5.12. The zero-order valence-corrected chi connectivity index (χ0v) is 5.93. The van der Waals surface area contributed by atoms with Crippen LogP contribution in [-0.2, 0) is 0 Å². The second-order valence-electron chi connectivity index (χ2n) is 0. The van der Waals surface area contributed by atoms with Crippen molar-refractivity contribution in [3.05, 3.63) is 0 Å². The fourth-order valence-electron chi connectivity index (χ4n) is 0. The van der Waals surface area contributed by atoms with Crippen molar-refractivity contribution in [2.24, 2.45) is 0 Å². The number of hydrogen-bond donors (Lipinski definition) is 1. The van der Waals surface area contributed by atoms with Crippen LogP contribution < -0.4 is 6.15 Å².